The number of unbranched alkanes of at least 4 members (excludes halogenated alkanes) is 5. The van der Waals surface area contributed by atoms with Gasteiger partial charge in [0.05, 0.1) is 12.5 Å². The Balaban J connectivity index is 1.61. The van der Waals surface area contributed by atoms with Crippen molar-refractivity contribution >= 4 is 5.97 Å². The first-order valence-electron chi connectivity index (χ1n) is 12.4. The Bertz CT molecular complexity index is 390. The van der Waals surface area contributed by atoms with Crippen molar-refractivity contribution in [3.05, 3.63) is 0 Å². The molecule has 2 rings (SSSR count). The molecule has 0 aromatic rings. The molecule has 3 unspecified atom stereocenters. The van der Waals surface area contributed by atoms with Crippen molar-refractivity contribution in [2.24, 2.45) is 23.7 Å². The molecule has 1 saturated carbocycles. The molecule has 1 aliphatic carbocycles. The molecule has 0 radical (unpaired) electrons. The zero-order valence-electron chi connectivity index (χ0n) is 18.4. The van der Waals surface area contributed by atoms with Crippen LogP contribution in [0, 0.1) is 23.7 Å². The zero-order valence-corrected chi connectivity index (χ0v) is 18.4. The number of cyclic esters (lactones) is 1. The highest BCUT2D eigenvalue weighted by Crippen LogP contribution is 2.53. The molecular formula is C25H46O2. The highest BCUT2D eigenvalue weighted by Gasteiger charge is 2.53. The summed E-state index contributed by atoms with van der Waals surface area (Å²) in [4.78, 5) is 12.5. The van der Waals surface area contributed by atoms with E-state index in [1.807, 2.05) is 0 Å². The molecule has 0 aromatic carbocycles. The van der Waals surface area contributed by atoms with E-state index in [9.17, 15) is 4.79 Å². The number of rotatable bonds is 9. The molecule has 2 aliphatic rings. The third-order valence-electron chi connectivity index (χ3n) is 6.85. The third kappa shape index (κ3) is 9.48. The number of esters is 1. The van der Waals surface area contributed by atoms with Crippen LogP contribution in [-0.4, -0.2) is 12.6 Å². The molecule has 0 bridgehead atoms. The molecule has 0 N–H and O–H groups in total. The molecule has 0 amide bonds. The number of hydrogen-bond donors (Lipinski definition) is 0. The lowest BCUT2D eigenvalue weighted by atomic mass is 10.0. The lowest BCUT2D eigenvalue weighted by Crippen LogP contribution is -2.10. The van der Waals surface area contributed by atoms with Gasteiger partial charge in [-0.2, -0.15) is 0 Å². The Labute approximate surface area is 169 Å². The second-order valence-electron chi connectivity index (χ2n) is 9.73. The van der Waals surface area contributed by atoms with Gasteiger partial charge >= 0.3 is 5.97 Å². The average molecular weight is 379 g/mol. The Kier molecular flexibility index (Phi) is 11.5. The van der Waals surface area contributed by atoms with E-state index in [1.54, 1.807) is 0 Å². The van der Waals surface area contributed by atoms with E-state index in [-0.39, 0.29) is 11.9 Å². The maximum atomic E-state index is 12.5. The summed E-state index contributed by atoms with van der Waals surface area (Å²) in [7, 11) is 0. The topological polar surface area (TPSA) is 26.3 Å². The van der Waals surface area contributed by atoms with Crippen LogP contribution in [0.1, 0.15) is 123 Å². The van der Waals surface area contributed by atoms with Crippen molar-refractivity contribution in [2.45, 2.75) is 123 Å². The molecule has 3 atom stereocenters. The minimum absolute atomic E-state index is 0.135. The van der Waals surface area contributed by atoms with Gasteiger partial charge in [-0.05, 0) is 37.0 Å². The SMILES string of the molecule is CC(C)CCCCCCCCC1C2CCCCCCCCCCOC(=O)C21. The predicted molar refractivity (Wildman–Crippen MR) is 115 cm³/mol. The van der Waals surface area contributed by atoms with E-state index in [2.05, 4.69) is 13.8 Å². The zero-order chi connectivity index (χ0) is 19.3. The fourth-order valence-corrected chi connectivity index (χ4v) is 5.03. The molecule has 0 aromatic heterocycles. The van der Waals surface area contributed by atoms with Crippen LogP contribution in [0.4, 0.5) is 0 Å². The van der Waals surface area contributed by atoms with Gasteiger partial charge in [-0.25, -0.2) is 0 Å². The monoisotopic (exact) mass is 378 g/mol. The van der Waals surface area contributed by atoms with Gasteiger partial charge in [-0.15, -0.1) is 0 Å². The first-order valence-corrected chi connectivity index (χ1v) is 12.4. The van der Waals surface area contributed by atoms with Gasteiger partial charge in [-0.1, -0.05) is 104 Å². The predicted octanol–water partition coefficient (Wildman–Crippen LogP) is 7.69. The normalized spacial score (nSPS) is 27.7. The number of hydrogen-bond acceptors (Lipinski definition) is 2. The maximum Gasteiger partial charge on any atom is 0.309 e. The Morgan fingerprint density at radius 3 is 2.11 bits per heavy atom. The second kappa shape index (κ2) is 13.6. The van der Waals surface area contributed by atoms with Gasteiger partial charge in [0, 0.05) is 0 Å². The lowest BCUT2D eigenvalue weighted by molar-refractivity contribution is -0.146. The number of carbonyl (C=O) groups is 1. The summed E-state index contributed by atoms with van der Waals surface area (Å²) in [5.41, 5.74) is 0. The van der Waals surface area contributed by atoms with E-state index in [0.29, 0.717) is 18.4 Å². The van der Waals surface area contributed by atoms with Gasteiger partial charge < -0.3 is 4.74 Å². The third-order valence-corrected chi connectivity index (χ3v) is 6.85. The summed E-state index contributed by atoms with van der Waals surface area (Å²) in [5, 5.41) is 0. The molecule has 158 valence electrons. The summed E-state index contributed by atoms with van der Waals surface area (Å²) in [6.45, 7) is 5.30. The van der Waals surface area contributed by atoms with Crippen LogP contribution in [0.15, 0.2) is 0 Å². The van der Waals surface area contributed by atoms with E-state index in [0.717, 1.165) is 12.3 Å². The first kappa shape index (κ1) is 22.8. The molecule has 1 heterocycles. The lowest BCUT2D eigenvalue weighted by Gasteiger charge is -2.06. The van der Waals surface area contributed by atoms with Crippen LogP contribution >= 0.6 is 0 Å². The van der Waals surface area contributed by atoms with Crippen LogP contribution in [0.3, 0.4) is 0 Å². The molecule has 0 spiro atoms. The van der Waals surface area contributed by atoms with Crippen LogP contribution in [-0.2, 0) is 9.53 Å². The second-order valence-corrected chi connectivity index (χ2v) is 9.73. The molecule has 27 heavy (non-hydrogen) atoms. The Morgan fingerprint density at radius 2 is 1.41 bits per heavy atom. The van der Waals surface area contributed by atoms with Gasteiger partial charge in [-0.3, -0.25) is 4.79 Å². The standard InChI is InChI=1S/C25H46O2/c1-21(2)17-13-9-6-7-11-15-19-23-22-18-14-10-5-3-4-8-12-16-20-27-25(26)24(22)23/h21-24H,3-20H2,1-2H3. The molecular weight excluding hydrogens is 332 g/mol. The van der Waals surface area contributed by atoms with Crippen molar-refractivity contribution in [1.29, 1.82) is 0 Å². The van der Waals surface area contributed by atoms with E-state index in [4.69, 9.17) is 4.74 Å². The van der Waals surface area contributed by atoms with Crippen LogP contribution in [0.2, 0.25) is 0 Å². The Morgan fingerprint density at radius 1 is 0.815 bits per heavy atom. The largest absolute Gasteiger partial charge is 0.465 e. The van der Waals surface area contributed by atoms with E-state index >= 15 is 0 Å². The smallest absolute Gasteiger partial charge is 0.309 e. The fraction of sp³-hybridized carbons (Fsp3) is 0.960. The minimum atomic E-state index is 0.135. The summed E-state index contributed by atoms with van der Waals surface area (Å²) < 4.78 is 5.62. The quantitative estimate of drug-likeness (QED) is 0.303. The molecule has 1 aliphatic heterocycles. The van der Waals surface area contributed by atoms with Crippen LogP contribution in [0.5, 0.6) is 0 Å². The summed E-state index contributed by atoms with van der Waals surface area (Å²) >= 11 is 0. The van der Waals surface area contributed by atoms with Crippen molar-refractivity contribution in [1.82, 2.24) is 0 Å². The molecule has 2 heteroatoms. The van der Waals surface area contributed by atoms with Gasteiger partial charge in [0.2, 0.25) is 0 Å². The highest BCUT2D eigenvalue weighted by molar-refractivity contribution is 5.76. The number of fused-ring (bicyclic) bond motifs is 1. The van der Waals surface area contributed by atoms with Gasteiger partial charge in [0.25, 0.3) is 0 Å². The minimum Gasteiger partial charge on any atom is -0.465 e. The highest BCUT2D eigenvalue weighted by atomic mass is 16.5. The van der Waals surface area contributed by atoms with Crippen LogP contribution < -0.4 is 0 Å². The van der Waals surface area contributed by atoms with Crippen molar-refractivity contribution in [3.8, 4) is 0 Å². The molecule has 1 saturated heterocycles. The van der Waals surface area contributed by atoms with Crippen molar-refractivity contribution in [2.75, 3.05) is 6.61 Å². The molecule has 2 fully saturated rings. The molecule has 2 nitrogen and oxygen atoms in total. The van der Waals surface area contributed by atoms with Crippen molar-refractivity contribution in [3.63, 3.8) is 0 Å². The van der Waals surface area contributed by atoms with Gasteiger partial charge in [0.15, 0.2) is 0 Å². The Hall–Kier alpha value is -0.530. The summed E-state index contributed by atoms with van der Waals surface area (Å²) in [5.74, 6) is 2.52. The maximum absolute atomic E-state index is 12.5. The summed E-state index contributed by atoms with van der Waals surface area (Å²) in [6.07, 6.45) is 22.6. The van der Waals surface area contributed by atoms with Gasteiger partial charge in [0.1, 0.15) is 0 Å². The number of carbonyl (C=O) groups excluding carboxylic acids is 1. The first-order chi connectivity index (χ1) is 13.2. The van der Waals surface area contributed by atoms with E-state index in [1.165, 1.54) is 103 Å². The van der Waals surface area contributed by atoms with Crippen molar-refractivity contribution < 1.29 is 9.53 Å². The van der Waals surface area contributed by atoms with E-state index < -0.39 is 0 Å². The fourth-order valence-electron chi connectivity index (χ4n) is 5.03. The summed E-state index contributed by atoms with van der Waals surface area (Å²) in [6, 6.07) is 0. The average Bonchev–Trinajstić information content (AvgIpc) is 3.33. The number of ether oxygens (including phenoxy) is 1. The van der Waals surface area contributed by atoms with Crippen LogP contribution in [0.25, 0.3) is 0 Å².